The van der Waals surface area contributed by atoms with Gasteiger partial charge in [-0.2, -0.15) is 0 Å². The van der Waals surface area contributed by atoms with Crippen LogP contribution in [0.25, 0.3) is 5.76 Å². The van der Waals surface area contributed by atoms with E-state index < -0.39 is 23.5 Å². The maximum absolute atomic E-state index is 13.2. The van der Waals surface area contributed by atoms with E-state index in [0.29, 0.717) is 25.1 Å². The van der Waals surface area contributed by atoms with E-state index in [4.69, 9.17) is 0 Å². The molecule has 152 valence electrons. The summed E-state index contributed by atoms with van der Waals surface area (Å²) < 4.78 is 1.97. The van der Waals surface area contributed by atoms with Crippen molar-refractivity contribution in [2.24, 2.45) is 0 Å². The molecule has 1 atom stereocenters. The highest BCUT2D eigenvalue weighted by Gasteiger charge is 2.43. The van der Waals surface area contributed by atoms with E-state index in [9.17, 15) is 14.7 Å². The molecule has 1 unspecified atom stereocenters. The molecule has 1 aliphatic rings. The number of Topliss-reactive ketones (excluding diaryl/α,β-unsaturated/α-hetero) is 1. The highest BCUT2D eigenvalue weighted by atomic mass is 16.3. The Morgan fingerprint density at radius 2 is 1.90 bits per heavy atom. The van der Waals surface area contributed by atoms with Crippen LogP contribution in [-0.2, 0) is 16.1 Å². The van der Waals surface area contributed by atoms with Crippen molar-refractivity contribution in [1.29, 1.82) is 0 Å². The van der Waals surface area contributed by atoms with Gasteiger partial charge in [0.05, 0.1) is 12.6 Å². The average molecular weight is 402 g/mol. The van der Waals surface area contributed by atoms with E-state index in [1.807, 2.05) is 54.5 Å². The number of nitrogens with one attached hydrogen (secondary N) is 1. The summed E-state index contributed by atoms with van der Waals surface area (Å²) in [6, 6.07) is 10.0. The first-order valence-electron chi connectivity index (χ1n) is 9.81. The molecule has 1 saturated heterocycles. The van der Waals surface area contributed by atoms with Crippen molar-refractivity contribution in [3.8, 4) is 0 Å². The summed E-state index contributed by atoms with van der Waals surface area (Å²) >= 11 is 0. The van der Waals surface area contributed by atoms with Crippen molar-refractivity contribution in [3.05, 3.63) is 89.8 Å². The number of aromatic nitrogens is 3. The first-order valence-corrected chi connectivity index (χ1v) is 9.81. The molecule has 1 fully saturated rings. The van der Waals surface area contributed by atoms with Gasteiger partial charge in [-0.3, -0.25) is 19.6 Å². The normalized spacial score (nSPS) is 18.2. The topological polar surface area (TPSA) is 93.0 Å². The summed E-state index contributed by atoms with van der Waals surface area (Å²) in [6.45, 7) is 3.03. The minimum Gasteiger partial charge on any atom is -0.872 e. The highest BCUT2D eigenvalue weighted by Crippen LogP contribution is 2.38. The maximum atomic E-state index is 13.2. The Labute approximate surface area is 174 Å². The van der Waals surface area contributed by atoms with Crippen LogP contribution in [0.1, 0.15) is 29.2 Å². The van der Waals surface area contributed by atoms with Gasteiger partial charge in [0, 0.05) is 30.9 Å². The zero-order valence-electron chi connectivity index (χ0n) is 16.6. The lowest BCUT2D eigenvalue weighted by Crippen LogP contribution is -2.36. The quantitative estimate of drug-likeness (QED) is 0.291. The maximum Gasteiger partial charge on any atom is 0.295 e. The van der Waals surface area contributed by atoms with Gasteiger partial charge < -0.3 is 10.0 Å². The number of amides is 1. The molecule has 1 aliphatic heterocycles. The number of H-pyrrole nitrogens is 1. The van der Waals surface area contributed by atoms with E-state index in [0.717, 1.165) is 11.1 Å². The van der Waals surface area contributed by atoms with Gasteiger partial charge in [0.15, 0.2) is 0 Å². The van der Waals surface area contributed by atoms with Crippen LogP contribution in [-0.4, -0.2) is 33.1 Å². The Morgan fingerprint density at radius 3 is 2.57 bits per heavy atom. The van der Waals surface area contributed by atoms with Crippen molar-refractivity contribution in [2.75, 3.05) is 6.54 Å². The van der Waals surface area contributed by atoms with Gasteiger partial charge in [-0.05, 0) is 30.2 Å². The lowest BCUT2D eigenvalue weighted by Gasteiger charge is -2.27. The number of likely N-dealkylation sites (tertiary alicyclic amines) is 1. The van der Waals surface area contributed by atoms with Crippen LogP contribution in [0.4, 0.5) is 0 Å². The third-order valence-corrected chi connectivity index (χ3v) is 5.28. The summed E-state index contributed by atoms with van der Waals surface area (Å²) in [5.41, 5.74) is 2.17. The molecule has 3 heterocycles. The van der Waals surface area contributed by atoms with Gasteiger partial charge in [-0.1, -0.05) is 35.6 Å². The van der Waals surface area contributed by atoms with Crippen molar-refractivity contribution in [1.82, 2.24) is 14.9 Å². The molecular formula is C23H22N4O3. The van der Waals surface area contributed by atoms with E-state index in [1.165, 1.54) is 17.3 Å². The van der Waals surface area contributed by atoms with Crippen molar-refractivity contribution < 1.29 is 19.3 Å². The summed E-state index contributed by atoms with van der Waals surface area (Å²) in [5.74, 6) is -1.78. The number of aromatic amines is 1. The van der Waals surface area contributed by atoms with Gasteiger partial charge in [-0.25, -0.2) is 4.57 Å². The molecule has 0 bridgehead atoms. The van der Waals surface area contributed by atoms with Crippen molar-refractivity contribution >= 4 is 17.4 Å². The lowest BCUT2D eigenvalue weighted by atomic mass is 9.95. The molecule has 0 radical (unpaired) electrons. The summed E-state index contributed by atoms with van der Waals surface area (Å²) in [5, 5.41) is 13.2. The van der Waals surface area contributed by atoms with Gasteiger partial charge in [0.2, 0.25) is 12.1 Å². The van der Waals surface area contributed by atoms with Crippen LogP contribution in [0.15, 0.2) is 73.1 Å². The molecule has 0 saturated carbocycles. The van der Waals surface area contributed by atoms with Gasteiger partial charge >= 0.3 is 0 Å². The van der Waals surface area contributed by atoms with Crippen molar-refractivity contribution in [2.45, 2.75) is 25.9 Å². The Hall–Kier alpha value is -3.74. The monoisotopic (exact) mass is 402 g/mol. The average Bonchev–Trinajstić information content (AvgIpc) is 3.37. The fourth-order valence-corrected chi connectivity index (χ4v) is 3.74. The number of benzene rings is 1. The molecule has 4 rings (SSSR count). The minimum atomic E-state index is -0.725. The Morgan fingerprint density at radius 1 is 1.17 bits per heavy atom. The van der Waals surface area contributed by atoms with Crippen LogP contribution in [0.5, 0.6) is 0 Å². The van der Waals surface area contributed by atoms with Crippen LogP contribution >= 0.6 is 0 Å². The Bertz CT molecular complexity index is 1070. The predicted octanol–water partition coefficient (Wildman–Crippen LogP) is 1.32. The fraction of sp³-hybridized carbons (Fsp3) is 0.217. The summed E-state index contributed by atoms with van der Waals surface area (Å²) in [4.78, 5) is 34.2. The number of carbonyl (C=O) groups excluding carboxylic acids is 2. The Balaban J connectivity index is 1.72. The number of ketones is 1. The standard InChI is InChI=1S/C23H22N4O3/c1-16-3-5-17(6-4-16)20-19(21(28)18-7-9-24-10-8-18)22(29)23(30)27(20)13-2-12-26-14-11-25-15-26/h3-11,14-15,20H,2,12-13H2,1H3,(H,28,29). The summed E-state index contributed by atoms with van der Waals surface area (Å²) in [7, 11) is 0. The van der Waals surface area contributed by atoms with Crippen LogP contribution in [0.3, 0.4) is 0 Å². The second-order valence-electron chi connectivity index (χ2n) is 7.32. The van der Waals surface area contributed by atoms with Gasteiger partial charge in [0.1, 0.15) is 12.4 Å². The molecular weight excluding hydrogens is 380 g/mol. The number of hydrogen-bond donors (Lipinski definition) is 1. The number of carbonyl (C=O) groups is 2. The number of rotatable bonds is 6. The number of nitrogens with zero attached hydrogens (tertiary/aromatic N) is 3. The molecule has 3 aromatic rings. The molecule has 2 aromatic heterocycles. The first kappa shape index (κ1) is 19.6. The molecule has 30 heavy (non-hydrogen) atoms. The highest BCUT2D eigenvalue weighted by molar-refractivity contribution is 6.46. The fourth-order valence-electron chi connectivity index (χ4n) is 3.74. The molecule has 0 aliphatic carbocycles. The zero-order chi connectivity index (χ0) is 21.1. The van der Waals surface area contributed by atoms with E-state index in [2.05, 4.69) is 9.97 Å². The smallest absolute Gasteiger partial charge is 0.295 e. The molecule has 0 spiro atoms. The third kappa shape index (κ3) is 3.74. The predicted molar refractivity (Wildman–Crippen MR) is 107 cm³/mol. The number of aryl methyl sites for hydroxylation is 2. The van der Waals surface area contributed by atoms with Gasteiger partial charge in [-0.15, -0.1) is 0 Å². The van der Waals surface area contributed by atoms with E-state index in [-0.39, 0.29) is 5.57 Å². The van der Waals surface area contributed by atoms with Crippen LogP contribution in [0, 0.1) is 6.92 Å². The molecule has 1 N–H and O–H groups in total. The van der Waals surface area contributed by atoms with Crippen molar-refractivity contribution in [3.63, 3.8) is 0 Å². The van der Waals surface area contributed by atoms with Crippen LogP contribution in [0.2, 0.25) is 0 Å². The number of hydrogen-bond acceptors (Lipinski definition) is 4. The lowest BCUT2D eigenvalue weighted by molar-refractivity contribution is -0.695. The van der Waals surface area contributed by atoms with Crippen LogP contribution < -0.4 is 9.67 Å². The number of pyridine rings is 1. The second-order valence-corrected chi connectivity index (χ2v) is 7.32. The third-order valence-electron chi connectivity index (χ3n) is 5.28. The molecule has 1 amide bonds. The summed E-state index contributed by atoms with van der Waals surface area (Å²) in [6.07, 6.45) is 9.21. The van der Waals surface area contributed by atoms with E-state index >= 15 is 0 Å². The largest absolute Gasteiger partial charge is 0.872 e. The zero-order valence-corrected chi connectivity index (χ0v) is 16.6. The Kier molecular flexibility index (Phi) is 5.43. The second kappa shape index (κ2) is 8.32. The molecule has 1 aromatic carbocycles. The molecule has 7 heteroatoms. The first-order chi connectivity index (χ1) is 14.6. The number of imidazole rings is 1. The van der Waals surface area contributed by atoms with E-state index in [1.54, 1.807) is 12.1 Å². The van der Waals surface area contributed by atoms with Gasteiger partial charge in [0.25, 0.3) is 5.91 Å². The SMILES string of the molecule is Cc1ccc(C2C(=C([O-])c3ccncc3)C(=O)C(=O)N2CCC[n+]2cc[nH]c2)cc1. The molecule has 7 nitrogen and oxygen atoms in total. The minimum absolute atomic E-state index is 0.00403.